The van der Waals surface area contributed by atoms with Gasteiger partial charge in [-0.05, 0) is 41.1 Å². The van der Waals surface area contributed by atoms with Gasteiger partial charge in [0.2, 0.25) is 5.69 Å². The number of halogens is 3. The number of hydrogen-bond acceptors (Lipinski definition) is 2. The number of benzene rings is 3. The second-order valence-electron chi connectivity index (χ2n) is 5.73. The minimum Gasteiger partial charge on any atom is -0.618 e. The smallest absolute Gasteiger partial charge is 0.416 e. The number of carbonyl (C=O) groups excluding carboxylic acids is 1. The van der Waals surface area contributed by atoms with Crippen molar-refractivity contribution in [2.24, 2.45) is 0 Å². The summed E-state index contributed by atoms with van der Waals surface area (Å²) >= 11 is 0. The van der Waals surface area contributed by atoms with Crippen LogP contribution >= 0.6 is 0 Å². The molecule has 4 rings (SSSR count). The van der Waals surface area contributed by atoms with Crippen molar-refractivity contribution in [2.45, 2.75) is 6.18 Å². The van der Waals surface area contributed by atoms with Crippen LogP contribution in [-0.4, -0.2) is 16.2 Å². The maximum absolute atomic E-state index is 12.8. The van der Waals surface area contributed by atoms with E-state index in [-0.39, 0.29) is 22.5 Å². The number of Topliss-reactive ketones (excluding diaryl/α,β-unsaturated/α-hetero) is 1. The molecular weight excluding hydrogens is 331 g/mol. The Morgan fingerprint density at radius 3 is 2.24 bits per heavy atom. The third kappa shape index (κ3) is 2.29. The number of ketones is 1. The fourth-order valence-electron chi connectivity index (χ4n) is 3.06. The van der Waals surface area contributed by atoms with Gasteiger partial charge in [-0.2, -0.15) is 17.9 Å². The van der Waals surface area contributed by atoms with E-state index >= 15 is 0 Å². The van der Waals surface area contributed by atoms with E-state index in [0.29, 0.717) is 10.1 Å². The molecule has 3 nitrogen and oxygen atoms in total. The second kappa shape index (κ2) is 5.17. The largest absolute Gasteiger partial charge is 0.618 e. The summed E-state index contributed by atoms with van der Waals surface area (Å²) in [6.07, 6.45) is -4.47. The molecule has 1 heterocycles. The van der Waals surface area contributed by atoms with Crippen molar-refractivity contribution in [1.29, 1.82) is 0 Å². The van der Waals surface area contributed by atoms with Crippen LogP contribution in [0.2, 0.25) is 0 Å². The minimum absolute atomic E-state index is 0.160. The fraction of sp³-hybridized carbons (Fsp3) is 0.0526. The first-order valence-electron chi connectivity index (χ1n) is 7.46. The van der Waals surface area contributed by atoms with Crippen LogP contribution in [0.15, 0.2) is 60.7 Å². The van der Waals surface area contributed by atoms with E-state index in [4.69, 9.17) is 0 Å². The van der Waals surface area contributed by atoms with Gasteiger partial charge in [-0.1, -0.05) is 24.3 Å². The molecule has 25 heavy (non-hydrogen) atoms. The second-order valence-corrected chi connectivity index (χ2v) is 5.73. The lowest BCUT2D eigenvalue weighted by Gasteiger charge is -2.07. The first-order valence-corrected chi connectivity index (χ1v) is 7.46. The Balaban J connectivity index is 1.85. The summed E-state index contributed by atoms with van der Waals surface area (Å²) in [5, 5.41) is 14.0. The first-order chi connectivity index (χ1) is 11.9. The molecule has 0 unspecified atom stereocenters. The molecule has 0 spiro atoms. The van der Waals surface area contributed by atoms with Crippen LogP contribution in [0.3, 0.4) is 0 Å². The lowest BCUT2D eigenvalue weighted by atomic mass is 9.97. The van der Waals surface area contributed by atoms with Gasteiger partial charge in [0.1, 0.15) is 5.56 Å². The Morgan fingerprint density at radius 1 is 0.880 bits per heavy atom. The van der Waals surface area contributed by atoms with Gasteiger partial charge in [-0.15, -0.1) is 0 Å². The van der Waals surface area contributed by atoms with E-state index in [1.807, 2.05) is 12.1 Å². The van der Waals surface area contributed by atoms with Crippen molar-refractivity contribution in [3.8, 4) is 0 Å². The van der Waals surface area contributed by atoms with Crippen molar-refractivity contribution in [2.75, 3.05) is 0 Å². The van der Waals surface area contributed by atoms with Crippen LogP contribution in [0.4, 0.5) is 18.9 Å². The van der Waals surface area contributed by atoms with Gasteiger partial charge < -0.3 is 5.21 Å². The summed E-state index contributed by atoms with van der Waals surface area (Å²) in [7, 11) is 0. The van der Waals surface area contributed by atoms with Crippen molar-refractivity contribution >= 4 is 28.0 Å². The van der Waals surface area contributed by atoms with E-state index in [9.17, 15) is 23.2 Å². The van der Waals surface area contributed by atoms with E-state index in [2.05, 4.69) is 0 Å². The van der Waals surface area contributed by atoms with Crippen LogP contribution in [0.5, 0.6) is 0 Å². The highest BCUT2D eigenvalue weighted by molar-refractivity contribution is 6.53. The average Bonchev–Trinajstić information content (AvgIpc) is 2.85. The van der Waals surface area contributed by atoms with Crippen molar-refractivity contribution in [3.63, 3.8) is 0 Å². The molecule has 1 aliphatic rings. The number of nitrogens with zero attached hydrogens (tertiary/aromatic N) is 1. The summed E-state index contributed by atoms with van der Waals surface area (Å²) < 4.78 is 38.6. The molecule has 0 N–H and O–H groups in total. The normalized spacial score (nSPS) is 14.3. The SMILES string of the molecule is O=C1C(c2ccc(C(F)(F)F)cc2)=[N+]([O-])c2ccc3ccccc3c21. The van der Waals surface area contributed by atoms with Crippen LogP contribution in [0.1, 0.15) is 21.5 Å². The predicted molar refractivity (Wildman–Crippen MR) is 87.1 cm³/mol. The van der Waals surface area contributed by atoms with Crippen LogP contribution in [-0.2, 0) is 6.18 Å². The third-order valence-corrected chi connectivity index (χ3v) is 4.26. The molecular formula is C19H10F3NO2. The Morgan fingerprint density at radius 2 is 1.56 bits per heavy atom. The number of alkyl halides is 3. The van der Waals surface area contributed by atoms with Crippen molar-refractivity contribution in [3.05, 3.63) is 82.6 Å². The topological polar surface area (TPSA) is 43.1 Å². The number of rotatable bonds is 1. The monoisotopic (exact) mass is 341 g/mol. The Bertz CT molecular complexity index is 1050. The van der Waals surface area contributed by atoms with Crippen molar-refractivity contribution in [1.82, 2.24) is 0 Å². The quantitative estimate of drug-likeness (QED) is 0.476. The van der Waals surface area contributed by atoms with Gasteiger partial charge in [-0.25, -0.2) is 0 Å². The third-order valence-electron chi connectivity index (χ3n) is 4.26. The molecule has 0 fully saturated rings. The number of carbonyl (C=O) groups is 1. The fourth-order valence-corrected chi connectivity index (χ4v) is 3.06. The Kier molecular flexibility index (Phi) is 3.18. The molecule has 6 heteroatoms. The average molecular weight is 341 g/mol. The molecule has 1 aliphatic heterocycles. The molecule has 3 aromatic carbocycles. The maximum Gasteiger partial charge on any atom is 0.416 e. The highest BCUT2D eigenvalue weighted by Crippen LogP contribution is 2.35. The van der Waals surface area contributed by atoms with Crippen LogP contribution < -0.4 is 0 Å². The van der Waals surface area contributed by atoms with Gasteiger partial charge in [0.05, 0.1) is 11.1 Å². The van der Waals surface area contributed by atoms with E-state index in [1.165, 1.54) is 0 Å². The summed E-state index contributed by atoms with van der Waals surface area (Å²) in [5.41, 5.74) is -0.349. The Labute approximate surface area is 140 Å². The van der Waals surface area contributed by atoms with Gasteiger partial charge >= 0.3 is 6.18 Å². The molecule has 0 saturated carbocycles. The van der Waals surface area contributed by atoms with E-state index in [0.717, 1.165) is 29.7 Å². The summed E-state index contributed by atoms with van der Waals surface area (Å²) in [4.78, 5) is 12.8. The molecule has 124 valence electrons. The molecule has 0 amide bonds. The Hall–Kier alpha value is -3.15. The first kappa shape index (κ1) is 15.4. The molecule has 0 aliphatic carbocycles. The van der Waals surface area contributed by atoms with Gasteiger partial charge in [-0.3, -0.25) is 4.79 Å². The zero-order valence-electron chi connectivity index (χ0n) is 12.7. The van der Waals surface area contributed by atoms with E-state index in [1.54, 1.807) is 24.3 Å². The summed E-state index contributed by atoms with van der Waals surface area (Å²) in [6, 6.07) is 14.5. The van der Waals surface area contributed by atoms with Crippen LogP contribution in [0.25, 0.3) is 10.8 Å². The lowest BCUT2D eigenvalue weighted by molar-refractivity contribution is -0.355. The molecule has 0 aromatic heterocycles. The van der Waals surface area contributed by atoms with E-state index < -0.39 is 17.5 Å². The highest BCUT2D eigenvalue weighted by atomic mass is 19.4. The molecule has 0 bridgehead atoms. The molecule has 0 atom stereocenters. The summed E-state index contributed by atoms with van der Waals surface area (Å²) in [6.45, 7) is 0. The van der Waals surface area contributed by atoms with Gasteiger partial charge in [0.25, 0.3) is 11.5 Å². The highest BCUT2D eigenvalue weighted by Gasteiger charge is 2.38. The van der Waals surface area contributed by atoms with Gasteiger partial charge in [0.15, 0.2) is 0 Å². The predicted octanol–water partition coefficient (Wildman–Crippen LogP) is 4.69. The van der Waals surface area contributed by atoms with Gasteiger partial charge in [0, 0.05) is 6.07 Å². The number of hydrogen-bond donors (Lipinski definition) is 0. The lowest BCUT2D eigenvalue weighted by Crippen LogP contribution is -2.17. The standard InChI is InChI=1S/C19H10F3NO2/c20-19(21,22)13-8-5-12(6-9-13)17-18(24)16-14-4-2-1-3-11(14)7-10-15(16)23(17)25/h1-10H. The zero-order chi connectivity index (χ0) is 17.8. The minimum atomic E-state index is -4.47. The molecule has 3 aromatic rings. The van der Waals surface area contributed by atoms with Crippen molar-refractivity contribution < 1.29 is 22.7 Å². The zero-order valence-corrected chi connectivity index (χ0v) is 12.7. The molecule has 0 saturated heterocycles. The number of fused-ring (bicyclic) bond motifs is 3. The maximum atomic E-state index is 12.8. The summed E-state index contributed by atoms with van der Waals surface area (Å²) in [5.74, 6) is -0.485. The van der Waals surface area contributed by atoms with Crippen LogP contribution in [0, 0.1) is 5.21 Å². The molecule has 0 radical (unpaired) electrons.